The van der Waals surface area contributed by atoms with Crippen molar-refractivity contribution in [3.63, 3.8) is 0 Å². The second kappa shape index (κ2) is 8.85. The predicted octanol–water partition coefficient (Wildman–Crippen LogP) is 3.10. The van der Waals surface area contributed by atoms with Crippen LogP contribution in [0.1, 0.15) is 37.0 Å². The molecule has 4 nitrogen and oxygen atoms in total. The van der Waals surface area contributed by atoms with E-state index < -0.39 is 29.6 Å². The van der Waals surface area contributed by atoms with Gasteiger partial charge in [-0.25, -0.2) is 4.39 Å². The number of nitrogens with two attached hydrogens (primary N) is 1. The summed E-state index contributed by atoms with van der Waals surface area (Å²) in [5.41, 5.74) is 5.31. The minimum absolute atomic E-state index is 0. The van der Waals surface area contributed by atoms with Gasteiger partial charge in [0.25, 0.3) is 5.91 Å². The third-order valence-corrected chi connectivity index (χ3v) is 3.41. The summed E-state index contributed by atoms with van der Waals surface area (Å²) in [5, 5.41) is 2.56. The van der Waals surface area contributed by atoms with E-state index in [0.717, 1.165) is 18.2 Å². The maximum atomic E-state index is 13.1. The SMILES string of the molecule is CCC(N)(CC)CNC(=O)c1ccc(F)cc1OC(F)F.Cl. The van der Waals surface area contributed by atoms with Crippen LogP contribution in [-0.4, -0.2) is 24.6 Å². The Morgan fingerprint density at radius 2 is 1.95 bits per heavy atom. The van der Waals surface area contributed by atoms with Crippen molar-refractivity contribution in [2.24, 2.45) is 5.73 Å². The third-order valence-electron chi connectivity index (χ3n) is 3.41. The zero-order chi connectivity index (χ0) is 16.0. The molecule has 0 saturated heterocycles. The molecule has 126 valence electrons. The van der Waals surface area contributed by atoms with Gasteiger partial charge >= 0.3 is 6.61 Å². The fraction of sp³-hybridized carbons (Fsp3) is 0.500. The molecule has 0 aromatic heterocycles. The van der Waals surface area contributed by atoms with Crippen LogP contribution < -0.4 is 15.8 Å². The summed E-state index contributed by atoms with van der Waals surface area (Å²) in [6, 6.07) is 2.84. The predicted molar refractivity (Wildman–Crippen MR) is 80.1 cm³/mol. The van der Waals surface area contributed by atoms with Crippen LogP contribution in [0.2, 0.25) is 0 Å². The Hall–Kier alpha value is -1.47. The maximum absolute atomic E-state index is 13.1. The van der Waals surface area contributed by atoms with E-state index >= 15 is 0 Å². The molecule has 0 fully saturated rings. The molecule has 8 heteroatoms. The van der Waals surface area contributed by atoms with Crippen molar-refractivity contribution in [3.8, 4) is 5.75 Å². The molecule has 1 amide bonds. The molecular weight excluding hydrogens is 321 g/mol. The summed E-state index contributed by atoms with van der Waals surface area (Å²) in [7, 11) is 0. The van der Waals surface area contributed by atoms with Gasteiger partial charge in [-0.15, -0.1) is 12.4 Å². The van der Waals surface area contributed by atoms with Crippen molar-refractivity contribution >= 4 is 18.3 Å². The van der Waals surface area contributed by atoms with Gasteiger partial charge in [-0.1, -0.05) is 13.8 Å². The van der Waals surface area contributed by atoms with Crippen molar-refractivity contribution in [1.29, 1.82) is 0 Å². The standard InChI is InChI=1S/C14H19F3N2O2.ClH/c1-3-14(18,4-2)8-19-12(20)10-6-5-9(15)7-11(10)21-13(16)17;/h5-7,13H,3-4,8,18H2,1-2H3,(H,19,20);1H. The molecule has 0 atom stereocenters. The van der Waals surface area contributed by atoms with Crippen LogP contribution in [0.4, 0.5) is 13.2 Å². The molecule has 0 bridgehead atoms. The molecule has 0 radical (unpaired) electrons. The van der Waals surface area contributed by atoms with Gasteiger partial charge in [0.2, 0.25) is 0 Å². The number of ether oxygens (including phenoxy) is 1. The Bertz CT molecular complexity index is 497. The molecular formula is C14H20ClF3N2O2. The van der Waals surface area contributed by atoms with E-state index in [4.69, 9.17) is 5.73 Å². The minimum atomic E-state index is -3.14. The van der Waals surface area contributed by atoms with E-state index in [-0.39, 0.29) is 24.5 Å². The third kappa shape index (κ3) is 5.73. The number of nitrogens with one attached hydrogen (secondary N) is 1. The van der Waals surface area contributed by atoms with Crippen LogP contribution in [0, 0.1) is 5.82 Å². The largest absolute Gasteiger partial charge is 0.434 e. The summed E-state index contributed by atoms with van der Waals surface area (Å²) < 4.78 is 41.8. The molecule has 0 aliphatic heterocycles. The van der Waals surface area contributed by atoms with Gasteiger partial charge < -0.3 is 15.8 Å². The lowest BCUT2D eigenvalue weighted by molar-refractivity contribution is -0.0503. The van der Waals surface area contributed by atoms with Crippen molar-refractivity contribution in [1.82, 2.24) is 5.32 Å². The fourth-order valence-electron chi connectivity index (χ4n) is 1.73. The van der Waals surface area contributed by atoms with Crippen LogP contribution in [0.25, 0.3) is 0 Å². The number of rotatable bonds is 7. The first kappa shape index (κ1) is 20.5. The summed E-state index contributed by atoms with van der Waals surface area (Å²) in [5.74, 6) is -1.90. The molecule has 1 aromatic rings. The molecule has 3 N–H and O–H groups in total. The number of benzene rings is 1. The van der Waals surface area contributed by atoms with Gasteiger partial charge in [0.1, 0.15) is 11.6 Å². The van der Waals surface area contributed by atoms with Crippen molar-refractivity contribution in [2.45, 2.75) is 38.8 Å². The molecule has 22 heavy (non-hydrogen) atoms. The number of carbonyl (C=O) groups excluding carboxylic acids is 1. The van der Waals surface area contributed by atoms with E-state index in [1.807, 2.05) is 13.8 Å². The van der Waals surface area contributed by atoms with Gasteiger partial charge in [0.05, 0.1) is 5.56 Å². The van der Waals surface area contributed by atoms with E-state index in [1.54, 1.807) is 0 Å². The highest BCUT2D eigenvalue weighted by Gasteiger charge is 2.23. The molecule has 0 saturated carbocycles. The second-order valence-electron chi connectivity index (χ2n) is 4.77. The van der Waals surface area contributed by atoms with Gasteiger partial charge in [-0.2, -0.15) is 8.78 Å². The summed E-state index contributed by atoms with van der Waals surface area (Å²) >= 11 is 0. The Balaban J connectivity index is 0.00000441. The summed E-state index contributed by atoms with van der Waals surface area (Å²) in [6.07, 6.45) is 1.29. The van der Waals surface area contributed by atoms with Crippen LogP contribution in [0.15, 0.2) is 18.2 Å². The smallest absolute Gasteiger partial charge is 0.387 e. The first-order valence-corrected chi connectivity index (χ1v) is 6.62. The number of amides is 1. The van der Waals surface area contributed by atoms with Crippen molar-refractivity contribution < 1.29 is 22.7 Å². The number of carbonyl (C=O) groups is 1. The molecule has 0 aliphatic carbocycles. The van der Waals surface area contributed by atoms with Crippen LogP contribution in [-0.2, 0) is 0 Å². The Labute approximate surface area is 133 Å². The van der Waals surface area contributed by atoms with E-state index in [0.29, 0.717) is 12.8 Å². The normalized spacial score (nSPS) is 11.0. The summed E-state index contributed by atoms with van der Waals surface area (Å²) in [4.78, 5) is 12.0. The van der Waals surface area contributed by atoms with E-state index in [2.05, 4.69) is 10.1 Å². The lowest BCUT2D eigenvalue weighted by Gasteiger charge is -2.27. The van der Waals surface area contributed by atoms with Crippen LogP contribution in [0.5, 0.6) is 5.75 Å². The van der Waals surface area contributed by atoms with E-state index in [1.165, 1.54) is 0 Å². The van der Waals surface area contributed by atoms with Crippen molar-refractivity contribution in [2.75, 3.05) is 6.54 Å². The lowest BCUT2D eigenvalue weighted by atomic mass is 9.94. The van der Waals surface area contributed by atoms with E-state index in [9.17, 15) is 18.0 Å². The highest BCUT2D eigenvalue weighted by atomic mass is 35.5. The zero-order valence-electron chi connectivity index (χ0n) is 12.4. The van der Waals surface area contributed by atoms with Gasteiger partial charge in [-0.05, 0) is 25.0 Å². The van der Waals surface area contributed by atoms with Gasteiger partial charge in [0, 0.05) is 18.2 Å². The minimum Gasteiger partial charge on any atom is -0.434 e. The highest BCUT2D eigenvalue weighted by molar-refractivity contribution is 5.97. The number of halogens is 4. The Morgan fingerprint density at radius 1 is 1.36 bits per heavy atom. The molecule has 0 aliphatic rings. The zero-order valence-corrected chi connectivity index (χ0v) is 13.2. The number of hydrogen-bond donors (Lipinski definition) is 2. The molecule has 1 rings (SSSR count). The fourth-order valence-corrected chi connectivity index (χ4v) is 1.73. The first-order chi connectivity index (χ1) is 9.81. The second-order valence-corrected chi connectivity index (χ2v) is 4.77. The Kier molecular flexibility index (Phi) is 8.26. The average Bonchev–Trinajstić information content (AvgIpc) is 2.44. The topological polar surface area (TPSA) is 64.3 Å². The summed E-state index contributed by atoms with van der Waals surface area (Å²) in [6.45, 7) is 0.820. The Morgan fingerprint density at radius 3 is 2.45 bits per heavy atom. The quantitative estimate of drug-likeness (QED) is 0.801. The lowest BCUT2D eigenvalue weighted by Crippen LogP contribution is -2.49. The monoisotopic (exact) mass is 340 g/mol. The highest BCUT2D eigenvalue weighted by Crippen LogP contribution is 2.22. The maximum Gasteiger partial charge on any atom is 0.387 e. The molecule has 1 aromatic carbocycles. The van der Waals surface area contributed by atoms with Crippen molar-refractivity contribution in [3.05, 3.63) is 29.6 Å². The average molecular weight is 341 g/mol. The number of hydrogen-bond acceptors (Lipinski definition) is 3. The molecule has 0 unspecified atom stereocenters. The van der Waals surface area contributed by atoms with Gasteiger partial charge in [0.15, 0.2) is 0 Å². The first-order valence-electron chi connectivity index (χ1n) is 6.62. The van der Waals surface area contributed by atoms with Crippen LogP contribution >= 0.6 is 12.4 Å². The van der Waals surface area contributed by atoms with Gasteiger partial charge in [-0.3, -0.25) is 4.79 Å². The molecule has 0 spiro atoms. The molecule has 0 heterocycles. The van der Waals surface area contributed by atoms with Crippen LogP contribution in [0.3, 0.4) is 0 Å². The number of alkyl halides is 2.